The van der Waals surface area contributed by atoms with E-state index in [2.05, 4.69) is 5.32 Å². The fourth-order valence-electron chi connectivity index (χ4n) is 3.69. The van der Waals surface area contributed by atoms with Crippen molar-refractivity contribution in [3.63, 3.8) is 0 Å². The first-order chi connectivity index (χ1) is 18.7. The summed E-state index contributed by atoms with van der Waals surface area (Å²) >= 11 is 0. The molecule has 0 bridgehead atoms. The molecule has 1 amide bonds. The molecule has 4 rings (SSSR count). The van der Waals surface area contributed by atoms with Crippen LogP contribution in [-0.2, 0) is 35.2 Å². The summed E-state index contributed by atoms with van der Waals surface area (Å²) in [5.74, 6) is -0.669. The molecule has 3 aromatic carbocycles. The number of ether oxygens (including phenoxy) is 4. The fourth-order valence-corrected chi connectivity index (χ4v) is 4.72. The van der Waals surface area contributed by atoms with Gasteiger partial charge in [-0.1, -0.05) is 48.0 Å². The van der Waals surface area contributed by atoms with Gasteiger partial charge in [-0.15, -0.1) is 0 Å². The third-order valence-electron chi connectivity index (χ3n) is 5.66. The van der Waals surface area contributed by atoms with Gasteiger partial charge >= 0.3 is 12.1 Å². The number of esters is 1. The van der Waals surface area contributed by atoms with E-state index >= 15 is 0 Å². The van der Waals surface area contributed by atoms with Gasteiger partial charge in [-0.25, -0.2) is 13.8 Å². The first-order valence-electron chi connectivity index (χ1n) is 11.9. The first kappa shape index (κ1) is 27.9. The number of carbonyl (C=O) groups excluding carboxylic acids is 2. The van der Waals surface area contributed by atoms with Crippen molar-refractivity contribution in [2.24, 2.45) is 0 Å². The Morgan fingerprint density at radius 3 is 2.33 bits per heavy atom. The number of rotatable bonds is 10. The summed E-state index contributed by atoms with van der Waals surface area (Å²) in [5.41, 5.74) is 1.45. The number of fused-ring (bicyclic) bond motifs is 1. The number of carbonyl (C=O) groups is 2. The van der Waals surface area contributed by atoms with Crippen LogP contribution in [0.4, 0.5) is 10.5 Å². The molecule has 0 aliphatic carbocycles. The summed E-state index contributed by atoms with van der Waals surface area (Å²) in [6.07, 6.45) is -4.80. The Kier molecular flexibility index (Phi) is 8.69. The Bertz CT molecular complexity index is 1420. The Morgan fingerprint density at radius 1 is 1.00 bits per heavy atom. The second-order valence-corrected chi connectivity index (χ2v) is 10.0. The maximum absolute atomic E-state index is 13.0. The summed E-state index contributed by atoms with van der Waals surface area (Å²) in [6, 6.07) is 17.4. The largest absolute Gasteiger partial charge is 0.464 e. The van der Waals surface area contributed by atoms with Crippen LogP contribution >= 0.6 is 0 Å². The van der Waals surface area contributed by atoms with Crippen LogP contribution in [0.15, 0.2) is 71.6 Å². The monoisotopic (exact) mass is 557 g/mol. The van der Waals surface area contributed by atoms with Crippen molar-refractivity contribution < 1.29 is 46.2 Å². The molecule has 1 aliphatic rings. The second-order valence-electron chi connectivity index (χ2n) is 8.46. The molecule has 1 heterocycles. The number of anilines is 1. The molecule has 0 unspecified atom stereocenters. The summed E-state index contributed by atoms with van der Waals surface area (Å²) in [4.78, 5) is 25.2. The highest BCUT2D eigenvalue weighted by atomic mass is 32.2. The van der Waals surface area contributed by atoms with Crippen molar-refractivity contribution in [2.75, 3.05) is 18.7 Å². The number of nitrogens with one attached hydrogen (secondary N) is 1. The molecule has 0 fully saturated rings. The maximum Gasteiger partial charge on any atom is 0.411 e. The zero-order chi connectivity index (χ0) is 28.0. The molecule has 2 atom stereocenters. The smallest absolute Gasteiger partial charge is 0.411 e. The molecular formula is C27H27NO10S. The molecule has 0 spiro atoms. The van der Waals surface area contributed by atoms with Gasteiger partial charge < -0.3 is 24.1 Å². The number of benzene rings is 3. The summed E-state index contributed by atoms with van der Waals surface area (Å²) < 4.78 is 52.2. The summed E-state index contributed by atoms with van der Waals surface area (Å²) in [5, 5.41) is 13.8. The van der Waals surface area contributed by atoms with Gasteiger partial charge in [0.25, 0.3) is 10.1 Å². The average Bonchev–Trinajstić information content (AvgIpc) is 3.38. The van der Waals surface area contributed by atoms with Crippen LogP contribution in [0.2, 0.25) is 0 Å². The number of aliphatic hydroxyl groups excluding tert-OH is 1. The van der Waals surface area contributed by atoms with Crippen LogP contribution < -0.4 is 14.8 Å². The molecule has 12 heteroatoms. The van der Waals surface area contributed by atoms with Crippen LogP contribution in [0.25, 0.3) is 0 Å². The third-order valence-corrected chi connectivity index (χ3v) is 6.97. The molecule has 0 saturated heterocycles. The van der Waals surface area contributed by atoms with Gasteiger partial charge in [0.05, 0.1) is 17.2 Å². The molecule has 39 heavy (non-hydrogen) atoms. The highest BCUT2D eigenvalue weighted by Crippen LogP contribution is 2.41. The maximum atomic E-state index is 13.0. The van der Waals surface area contributed by atoms with E-state index in [1.54, 1.807) is 43.3 Å². The Morgan fingerprint density at radius 2 is 1.67 bits per heavy atom. The molecule has 2 N–H and O–H groups in total. The van der Waals surface area contributed by atoms with Gasteiger partial charge in [0.15, 0.2) is 11.5 Å². The van der Waals surface area contributed by atoms with Gasteiger partial charge in [-0.2, -0.15) is 8.42 Å². The van der Waals surface area contributed by atoms with Crippen molar-refractivity contribution >= 4 is 27.9 Å². The molecule has 0 saturated carbocycles. The Balaban J connectivity index is 1.63. The molecule has 3 aromatic rings. The van der Waals surface area contributed by atoms with E-state index in [1.165, 1.54) is 31.2 Å². The molecular weight excluding hydrogens is 530 g/mol. The van der Waals surface area contributed by atoms with Crippen molar-refractivity contribution in [1.82, 2.24) is 0 Å². The summed E-state index contributed by atoms with van der Waals surface area (Å²) in [6.45, 7) is 3.05. The SMILES string of the molecule is CCOC(=O)[C@H](OS(=O)(=O)c1ccc(C)cc1)[C@@H](O)c1cc2c(cc1NC(=O)OCc1ccccc1)OCO2. The first-order valence-corrected chi connectivity index (χ1v) is 13.3. The molecule has 0 aromatic heterocycles. The minimum atomic E-state index is -4.51. The summed E-state index contributed by atoms with van der Waals surface area (Å²) in [7, 11) is -4.51. The third kappa shape index (κ3) is 6.85. The Hall–Kier alpha value is -4.13. The van der Waals surface area contributed by atoms with Gasteiger partial charge in [-0.3, -0.25) is 5.32 Å². The second kappa shape index (κ2) is 12.2. The van der Waals surface area contributed by atoms with E-state index in [0.29, 0.717) is 0 Å². The van der Waals surface area contributed by atoms with Crippen molar-refractivity contribution in [3.8, 4) is 11.5 Å². The van der Waals surface area contributed by atoms with Crippen LogP contribution in [0.5, 0.6) is 11.5 Å². The standard InChI is InChI=1S/C27H27NO10S/c1-3-34-26(30)25(38-39(32,33)19-11-9-17(2)10-12-19)24(29)20-13-22-23(37-16-36-22)14-21(20)28-27(31)35-15-18-7-5-4-6-8-18/h4-14,24-25,29H,3,15-16H2,1-2H3,(H,28,31)/t24-,25+/m0/s1. The van der Waals surface area contributed by atoms with Crippen molar-refractivity contribution in [2.45, 2.75) is 37.6 Å². The number of hydrogen-bond donors (Lipinski definition) is 2. The molecule has 11 nitrogen and oxygen atoms in total. The zero-order valence-corrected chi connectivity index (χ0v) is 22.0. The predicted octanol–water partition coefficient (Wildman–Crippen LogP) is 3.84. The van der Waals surface area contributed by atoms with Crippen LogP contribution in [-0.4, -0.2) is 45.1 Å². The van der Waals surface area contributed by atoms with Gasteiger partial charge in [0.2, 0.25) is 12.9 Å². The lowest BCUT2D eigenvalue weighted by molar-refractivity contribution is -0.156. The molecule has 0 radical (unpaired) electrons. The van der Waals surface area contributed by atoms with E-state index in [-0.39, 0.29) is 47.7 Å². The average molecular weight is 558 g/mol. The highest BCUT2D eigenvalue weighted by molar-refractivity contribution is 7.86. The fraction of sp³-hybridized carbons (Fsp3) is 0.259. The number of amides is 1. The lowest BCUT2D eigenvalue weighted by Gasteiger charge is -2.24. The lowest BCUT2D eigenvalue weighted by Crippen LogP contribution is -2.35. The lowest BCUT2D eigenvalue weighted by atomic mass is 10.0. The van der Waals surface area contributed by atoms with E-state index < -0.39 is 34.4 Å². The Labute approximate surface area is 225 Å². The zero-order valence-electron chi connectivity index (χ0n) is 21.2. The van der Waals surface area contributed by atoms with Crippen molar-refractivity contribution in [3.05, 3.63) is 83.4 Å². The van der Waals surface area contributed by atoms with Gasteiger partial charge in [-0.05, 0) is 37.6 Å². The van der Waals surface area contributed by atoms with Gasteiger partial charge in [0, 0.05) is 11.6 Å². The van der Waals surface area contributed by atoms with Crippen LogP contribution in [0.3, 0.4) is 0 Å². The van der Waals surface area contributed by atoms with Crippen molar-refractivity contribution in [1.29, 1.82) is 0 Å². The number of aryl methyl sites for hydroxylation is 1. The van der Waals surface area contributed by atoms with E-state index in [0.717, 1.165) is 11.1 Å². The molecule has 1 aliphatic heterocycles. The minimum absolute atomic E-state index is 0.0181. The number of aliphatic hydroxyl groups is 1. The van der Waals surface area contributed by atoms with Crippen LogP contribution in [0.1, 0.15) is 29.7 Å². The van der Waals surface area contributed by atoms with E-state index in [1.807, 2.05) is 6.07 Å². The van der Waals surface area contributed by atoms with Crippen LogP contribution in [0, 0.1) is 6.92 Å². The predicted molar refractivity (Wildman–Crippen MR) is 138 cm³/mol. The van der Waals surface area contributed by atoms with E-state index in [9.17, 15) is 23.1 Å². The quantitative estimate of drug-likeness (QED) is 0.278. The normalized spacial score (nSPS) is 13.8. The minimum Gasteiger partial charge on any atom is -0.464 e. The number of hydrogen-bond acceptors (Lipinski definition) is 10. The molecule has 206 valence electrons. The topological polar surface area (TPSA) is 147 Å². The van der Waals surface area contributed by atoms with Gasteiger partial charge in [0.1, 0.15) is 12.7 Å². The highest BCUT2D eigenvalue weighted by Gasteiger charge is 2.38. The van der Waals surface area contributed by atoms with E-state index in [4.69, 9.17) is 23.1 Å².